The lowest BCUT2D eigenvalue weighted by atomic mass is 10.1. The summed E-state index contributed by atoms with van der Waals surface area (Å²) >= 11 is 0. The minimum atomic E-state index is -0.237. The predicted molar refractivity (Wildman–Crippen MR) is 107 cm³/mol. The molecule has 2 amide bonds. The summed E-state index contributed by atoms with van der Waals surface area (Å²) in [6.07, 6.45) is 9.61. The first kappa shape index (κ1) is 19.7. The van der Waals surface area contributed by atoms with Crippen LogP contribution >= 0.6 is 0 Å². The molecule has 3 aromatic rings. The number of amides is 2. The fourth-order valence-corrected chi connectivity index (χ4v) is 3.43. The van der Waals surface area contributed by atoms with Crippen molar-refractivity contribution in [2.45, 2.75) is 12.6 Å². The van der Waals surface area contributed by atoms with Gasteiger partial charge in [0.25, 0.3) is 5.91 Å². The maximum atomic E-state index is 12.7. The highest BCUT2D eigenvalue weighted by atomic mass is 16.2. The van der Waals surface area contributed by atoms with E-state index in [0.717, 1.165) is 12.2 Å². The highest BCUT2D eigenvalue weighted by Gasteiger charge is 2.29. The zero-order valence-corrected chi connectivity index (χ0v) is 16.6. The minimum absolute atomic E-state index is 0.0667. The van der Waals surface area contributed by atoms with Crippen LogP contribution in [0.25, 0.3) is 5.69 Å². The second kappa shape index (κ2) is 8.82. The highest BCUT2D eigenvalue weighted by Crippen LogP contribution is 2.10. The van der Waals surface area contributed by atoms with E-state index in [1.54, 1.807) is 46.6 Å². The van der Waals surface area contributed by atoms with Crippen molar-refractivity contribution in [2.24, 2.45) is 0 Å². The van der Waals surface area contributed by atoms with Gasteiger partial charge in [-0.3, -0.25) is 14.6 Å². The largest absolute Gasteiger partial charge is 0.350 e. The summed E-state index contributed by atoms with van der Waals surface area (Å²) in [5.74, 6) is -0.303. The van der Waals surface area contributed by atoms with Crippen LogP contribution in [0, 0.1) is 0 Å². The van der Waals surface area contributed by atoms with E-state index in [0.29, 0.717) is 25.2 Å². The quantitative estimate of drug-likeness (QED) is 0.580. The molecule has 0 aliphatic carbocycles. The zero-order valence-electron chi connectivity index (χ0n) is 16.6. The molecule has 4 heterocycles. The van der Waals surface area contributed by atoms with Crippen molar-refractivity contribution in [3.63, 3.8) is 0 Å². The van der Waals surface area contributed by atoms with Gasteiger partial charge in [-0.2, -0.15) is 20.1 Å². The number of carbonyl (C=O) groups is 2. The number of nitrogens with zero attached hydrogens (tertiary/aromatic N) is 8. The third kappa shape index (κ3) is 4.51. The summed E-state index contributed by atoms with van der Waals surface area (Å²) in [5.41, 5.74) is 1.22. The molecule has 1 aliphatic heterocycles. The van der Waals surface area contributed by atoms with Crippen LogP contribution in [0.4, 0.5) is 0 Å². The third-order valence-corrected chi connectivity index (χ3v) is 5.00. The van der Waals surface area contributed by atoms with E-state index in [9.17, 15) is 9.59 Å². The fourth-order valence-electron chi connectivity index (χ4n) is 3.43. The van der Waals surface area contributed by atoms with Crippen LogP contribution in [-0.2, 0) is 11.3 Å². The van der Waals surface area contributed by atoms with Crippen LogP contribution in [0.3, 0.4) is 0 Å². The van der Waals surface area contributed by atoms with Gasteiger partial charge in [-0.05, 0) is 19.2 Å². The Labute approximate surface area is 173 Å². The van der Waals surface area contributed by atoms with E-state index in [1.807, 2.05) is 13.1 Å². The molecule has 156 valence electrons. The number of piperazine rings is 1. The van der Waals surface area contributed by atoms with Gasteiger partial charge in [-0.15, -0.1) is 0 Å². The molecule has 1 saturated heterocycles. The van der Waals surface area contributed by atoms with Gasteiger partial charge in [0.05, 0.1) is 42.1 Å². The van der Waals surface area contributed by atoms with Gasteiger partial charge in [0.15, 0.2) is 0 Å². The maximum absolute atomic E-state index is 12.7. The van der Waals surface area contributed by atoms with E-state index in [1.165, 1.54) is 11.0 Å². The number of rotatable bonds is 6. The number of aromatic nitrogens is 6. The molecule has 1 unspecified atom stereocenters. The Morgan fingerprint density at radius 2 is 1.97 bits per heavy atom. The normalized spacial score (nSPS) is 17.1. The number of nitrogens with one attached hydrogen (secondary N) is 1. The fraction of sp³-hybridized carbons (Fsp3) is 0.368. The van der Waals surface area contributed by atoms with Crippen LogP contribution in [-0.4, -0.2) is 90.6 Å². The predicted octanol–water partition coefficient (Wildman–Crippen LogP) is -0.569. The standard InChI is InChI=1S/C19H23N9O2/c1-25-7-8-26(18(29)14-28-22-5-6-23-28)17(13-25)11-21-19(30)15-9-24-27(12-15)16-3-2-4-20-10-16/h2-6,9-10,12,17H,7-8,11,13-14H2,1H3,(H,21,30). The van der Waals surface area contributed by atoms with E-state index in [2.05, 4.69) is 30.5 Å². The van der Waals surface area contributed by atoms with Crippen LogP contribution in [0.5, 0.6) is 0 Å². The van der Waals surface area contributed by atoms with Crippen molar-refractivity contribution in [2.75, 3.05) is 33.2 Å². The monoisotopic (exact) mass is 409 g/mol. The van der Waals surface area contributed by atoms with Gasteiger partial charge >= 0.3 is 0 Å². The van der Waals surface area contributed by atoms with Gasteiger partial charge in [-0.25, -0.2) is 4.68 Å². The molecular weight excluding hydrogens is 386 g/mol. The number of hydrogen-bond acceptors (Lipinski definition) is 7. The smallest absolute Gasteiger partial charge is 0.254 e. The Kier molecular flexibility index (Phi) is 5.80. The number of hydrogen-bond donors (Lipinski definition) is 1. The van der Waals surface area contributed by atoms with Gasteiger partial charge in [0.1, 0.15) is 6.54 Å². The Morgan fingerprint density at radius 3 is 2.73 bits per heavy atom. The van der Waals surface area contributed by atoms with Crippen molar-refractivity contribution in [3.05, 3.63) is 54.9 Å². The SMILES string of the molecule is CN1CCN(C(=O)Cn2nccn2)C(CNC(=O)c2cnn(-c3cccnc3)c2)C1. The van der Waals surface area contributed by atoms with Gasteiger partial charge in [0, 0.05) is 38.6 Å². The molecule has 30 heavy (non-hydrogen) atoms. The Bertz CT molecular complexity index is 987. The average Bonchev–Trinajstić information content (AvgIpc) is 3.45. The van der Waals surface area contributed by atoms with E-state index in [4.69, 9.17) is 0 Å². The summed E-state index contributed by atoms with van der Waals surface area (Å²) in [7, 11) is 2.00. The Morgan fingerprint density at radius 1 is 1.13 bits per heavy atom. The molecule has 0 aromatic carbocycles. The highest BCUT2D eigenvalue weighted by molar-refractivity contribution is 5.93. The van der Waals surface area contributed by atoms with Crippen LogP contribution in [0.2, 0.25) is 0 Å². The molecule has 3 aromatic heterocycles. The first-order valence-electron chi connectivity index (χ1n) is 9.65. The van der Waals surface area contributed by atoms with Crippen LogP contribution in [0.15, 0.2) is 49.3 Å². The molecular formula is C19H23N9O2. The minimum Gasteiger partial charge on any atom is -0.350 e. The summed E-state index contributed by atoms with van der Waals surface area (Å²) in [6.45, 7) is 2.47. The number of pyridine rings is 1. The molecule has 1 atom stereocenters. The Hall–Kier alpha value is -3.60. The third-order valence-electron chi connectivity index (χ3n) is 5.00. The number of likely N-dealkylation sites (N-methyl/N-ethyl adjacent to an activating group) is 1. The molecule has 1 N–H and O–H groups in total. The first-order valence-corrected chi connectivity index (χ1v) is 9.65. The summed E-state index contributed by atoms with van der Waals surface area (Å²) < 4.78 is 1.60. The van der Waals surface area contributed by atoms with Crippen LogP contribution in [0.1, 0.15) is 10.4 Å². The molecule has 1 aliphatic rings. The lowest BCUT2D eigenvalue weighted by Crippen LogP contribution is -2.58. The molecule has 4 rings (SSSR count). The van der Waals surface area contributed by atoms with Crippen LogP contribution < -0.4 is 5.32 Å². The molecule has 11 heteroatoms. The van der Waals surface area contributed by atoms with E-state index in [-0.39, 0.29) is 24.4 Å². The average molecular weight is 409 g/mol. The van der Waals surface area contributed by atoms with Crippen molar-refractivity contribution in [1.82, 2.24) is 44.9 Å². The topological polar surface area (TPSA) is 114 Å². The van der Waals surface area contributed by atoms with Gasteiger partial charge < -0.3 is 15.1 Å². The zero-order chi connectivity index (χ0) is 20.9. The van der Waals surface area contributed by atoms with E-state index < -0.39 is 0 Å². The Balaban J connectivity index is 1.38. The van der Waals surface area contributed by atoms with Crippen molar-refractivity contribution < 1.29 is 9.59 Å². The van der Waals surface area contributed by atoms with E-state index >= 15 is 0 Å². The lowest BCUT2D eigenvalue weighted by Gasteiger charge is -2.40. The van der Waals surface area contributed by atoms with Crippen molar-refractivity contribution in [3.8, 4) is 5.69 Å². The summed E-state index contributed by atoms with van der Waals surface area (Å²) in [4.78, 5) is 34.7. The lowest BCUT2D eigenvalue weighted by molar-refractivity contribution is -0.136. The van der Waals surface area contributed by atoms with Crippen molar-refractivity contribution in [1.29, 1.82) is 0 Å². The summed E-state index contributed by atoms with van der Waals surface area (Å²) in [6, 6.07) is 3.53. The first-order chi connectivity index (χ1) is 14.6. The summed E-state index contributed by atoms with van der Waals surface area (Å²) in [5, 5.41) is 15.1. The molecule has 1 fully saturated rings. The number of carbonyl (C=O) groups excluding carboxylic acids is 2. The molecule has 0 bridgehead atoms. The molecule has 0 saturated carbocycles. The maximum Gasteiger partial charge on any atom is 0.254 e. The molecule has 0 spiro atoms. The van der Waals surface area contributed by atoms with Gasteiger partial charge in [0.2, 0.25) is 5.91 Å². The van der Waals surface area contributed by atoms with Gasteiger partial charge in [-0.1, -0.05) is 0 Å². The van der Waals surface area contributed by atoms with Crippen molar-refractivity contribution >= 4 is 11.8 Å². The molecule has 11 nitrogen and oxygen atoms in total. The second-order valence-corrected chi connectivity index (χ2v) is 7.16. The second-order valence-electron chi connectivity index (χ2n) is 7.16. The molecule has 0 radical (unpaired) electrons.